The molecule has 1 heterocycles. The summed E-state index contributed by atoms with van der Waals surface area (Å²) in [6.07, 6.45) is 5.31. The van der Waals surface area contributed by atoms with E-state index < -0.39 is 0 Å². The summed E-state index contributed by atoms with van der Waals surface area (Å²) >= 11 is 7.71. The molecule has 3 aromatic rings. The lowest BCUT2D eigenvalue weighted by Crippen LogP contribution is -2.13. The predicted octanol–water partition coefficient (Wildman–Crippen LogP) is 5.08. The molecule has 25 heavy (non-hydrogen) atoms. The zero-order valence-corrected chi connectivity index (χ0v) is 15.4. The SMILES string of the molecule is CCO/N=C(/c1ccccc1SCc1ccc(Cl)cc1)n1ccnc1. The maximum absolute atomic E-state index is 5.96. The third-order valence-corrected chi connectivity index (χ3v) is 4.86. The van der Waals surface area contributed by atoms with Crippen molar-refractivity contribution in [2.24, 2.45) is 5.16 Å². The van der Waals surface area contributed by atoms with Crippen LogP contribution in [0.1, 0.15) is 18.1 Å². The maximum Gasteiger partial charge on any atom is 0.185 e. The molecular formula is C19H18ClN3OS. The van der Waals surface area contributed by atoms with Crippen molar-refractivity contribution in [3.8, 4) is 0 Å². The lowest BCUT2D eigenvalue weighted by molar-refractivity contribution is 0.158. The monoisotopic (exact) mass is 371 g/mol. The van der Waals surface area contributed by atoms with E-state index in [-0.39, 0.29) is 0 Å². The van der Waals surface area contributed by atoms with Gasteiger partial charge in [0, 0.05) is 33.6 Å². The van der Waals surface area contributed by atoms with E-state index in [1.54, 1.807) is 24.3 Å². The fourth-order valence-electron chi connectivity index (χ4n) is 2.26. The third-order valence-electron chi connectivity index (χ3n) is 3.46. The van der Waals surface area contributed by atoms with Crippen LogP contribution < -0.4 is 0 Å². The molecule has 0 radical (unpaired) electrons. The summed E-state index contributed by atoms with van der Waals surface area (Å²) in [5.74, 6) is 1.57. The van der Waals surface area contributed by atoms with E-state index in [9.17, 15) is 0 Å². The first-order valence-electron chi connectivity index (χ1n) is 7.93. The molecule has 0 aliphatic rings. The Hall–Kier alpha value is -2.24. The largest absolute Gasteiger partial charge is 0.394 e. The van der Waals surface area contributed by atoms with Crippen molar-refractivity contribution in [3.63, 3.8) is 0 Å². The molecule has 0 N–H and O–H groups in total. The van der Waals surface area contributed by atoms with Crippen LogP contribution in [0.5, 0.6) is 0 Å². The molecule has 1 aromatic heterocycles. The number of hydrogen-bond donors (Lipinski definition) is 0. The van der Waals surface area contributed by atoms with Gasteiger partial charge in [-0.25, -0.2) is 4.98 Å². The average molecular weight is 372 g/mol. The minimum absolute atomic E-state index is 0.512. The van der Waals surface area contributed by atoms with E-state index in [1.807, 2.05) is 60.2 Å². The molecule has 4 nitrogen and oxygen atoms in total. The molecule has 3 rings (SSSR count). The molecule has 0 unspecified atom stereocenters. The van der Waals surface area contributed by atoms with Gasteiger partial charge in [0.15, 0.2) is 5.84 Å². The molecule has 0 aliphatic heterocycles. The Morgan fingerprint density at radius 2 is 2.00 bits per heavy atom. The topological polar surface area (TPSA) is 39.4 Å². The van der Waals surface area contributed by atoms with Crippen LogP contribution >= 0.6 is 23.4 Å². The normalized spacial score (nSPS) is 11.5. The van der Waals surface area contributed by atoms with Crippen LogP contribution in [0.15, 0.2) is 77.3 Å². The van der Waals surface area contributed by atoms with E-state index in [0.717, 1.165) is 27.1 Å². The van der Waals surface area contributed by atoms with Crippen LogP contribution in [-0.4, -0.2) is 22.0 Å². The summed E-state index contributed by atoms with van der Waals surface area (Å²) in [6, 6.07) is 16.1. The zero-order chi connectivity index (χ0) is 17.5. The molecule has 128 valence electrons. The molecule has 6 heteroatoms. The number of oxime groups is 1. The minimum atomic E-state index is 0.512. The number of benzene rings is 2. The molecule has 0 atom stereocenters. The Labute approximate surface area is 156 Å². The first-order valence-corrected chi connectivity index (χ1v) is 9.29. The molecule has 0 saturated carbocycles. The van der Waals surface area contributed by atoms with E-state index >= 15 is 0 Å². The molecule has 0 fully saturated rings. The van der Waals surface area contributed by atoms with Crippen LogP contribution in [0.2, 0.25) is 5.02 Å². The minimum Gasteiger partial charge on any atom is -0.394 e. The highest BCUT2D eigenvalue weighted by molar-refractivity contribution is 7.98. The van der Waals surface area contributed by atoms with E-state index in [4.69, 9.17) is 16.4 Å². The van der Waals surface area contributed by atoms with Crippen molar-refractivity contribution < 1.29 is 4.84 Å². The van der Waals surface area contributed by atoms with Crippen molar-refractivity contribution in [3.05, 3.63) is 83.4 Å². The number of hydrogen-bond acceptors (Lipinski definition) is 4. The molecular weight excluding hydrogens is 354 g/mol. The van der Waals surface area contributed by atoms with Crippen molar-refractivity contribution in [1.29, 1.82) is 0 Å². The summed E-state index contributed by atoms with van der Waals surface area (Å²) in [7, 11) is 0. The fourth-order valence-corrected chi connectivity index (χ4v) is 3.39. The summed E-state index contributed by atoms with van der Waals surface area (Å²) < 4.78 is 1.86. The summed E-state index contributed by atoms with van der Waals surface area (Å²) in [6.45, 7) is 2.43. The van der Waals surface area contributed by atoms with E-state index in [1.165, 1.54) is 5.56 Å². The number of halogens is 1. The molecule has 0 bridgehead atoms. The smallest absolute Gasteiger partial charge is 0.185 e. The Kier molecular flexibility index (Phi) is 6.14. The van der Waals surface area contributed by atoms with Gasteiger partial charge in [-0.05, 0) is 36.8 Å². The van der Waals surface area contributed by atoms with Crippen molar-refractivity contribution in [2.75, 3.05) is 6.61 Å². The molecule has 0 saturated heterocycles. The number of aromatic nitrogens is 2. The highest BCUT2D eigenvalue weighted by Gasteiger charge is 2.12. The second-order valence-corrected chi connectivity index (χ2v) is 6.67. The number of nitrogens with zero attached hydrogens (tertiary/aromatic N) is 3. The Morgan fingerprint density at radius 1 is 1.20 bits per heavy atom. The lowest BCUT2D eigenvalue weighted by atomic mass is 10.2. The maximum atomic E-state index is 5.96. The van der Waals surface area contributed by atoms with Crippen LogP contribution in [0.4, 0.5) is 0 Å². The van der Waals surface area contributed by atoms with Gasteiger partial charge < -0.3 is 4.84 Å². The second-order valence-electron chi connectivity index (χ2n) is 5.21. The van der Waals surface area contributed by atoms with Crippen LogP contribution in [0.25, 0.3) is 0 Å². The standard InChI is InChI=1S/C19H18ClN3OS/c1-2-24-22-19(23-12-11-21-14-23)17-5-3-4-6-18(17)25-13-15-7-9-16(20)10-8-15/h3-12,14H,2,13H2,1H3/b22-19-. The second kappa shape index (κ2) is 8.74. The van der Waals surface area contributed by atoms with Gasteiger partial charge in [0.25, 0.3) is 0 Å². The van der Waals surface area contributed by atoms with Crippen LogP contribution in [-0.2, 0) is 10.6 Å². The predicted molar refractivity (Wildman–Crippen MR) is 103 cm³/mol. The Balaban J connectivity index is 1.87. The average Bonchev–Trinajstić information content (AvgIpc) is 3.17. The first kappa shape index (κ1) is 17.6. The highest BCUT2D eigenvalue weighted by atomic mass is 35.5. The highest BCUT2D eigenvalue weighted by Crippen LogP contribution is 2.27. The summed E-state index contributed by atoms with van der Waals surface area (Å²) in [5, 5.41) is 5.04. The van der Waals surface area contributed by atoms with E-state index in [0.29, 0.717) is 6.61 Å². The Bertz CT molecular complexity index is 832. The lowest BCUT2D eigenvalue weighted by Gasteiger charge is -2.12. The van der Waals surface area contributed by atoms with Crippen molar-refractivity contribution in [2.45, 2.75) is 17.6 Å². The van der Waals surface area contributed by atoms with Gasteiger partial charge in [0.05, 0.1) is 0 Å². The molecule has 0 spiro atoms. The summed E-state index contributed by atoms with van der Waals surface area (Å²) in [5.41, 5.74) is 2.23. The van der Waals surface area contributed by atoms with E-state index in [2.05, 4.69) is 16.2 Å². The van der Waals surface area contributed by atoms with Gasteiger partial charge in [0.2, 0.25) is 0 Å². The molecule has 0 aliphatic carbocycles. The van der Waals surface area contributed by atoms with Gasteiger partial charge in [0.1, 0.15) is 12.9 Å². The first-order chi connectivity index (χ1) is 12.3. The fraction of sp³-hybridized carbons (Fsp3) is 0.158. The summed E-state index contributed by atoms with van der Waals surface area (Å²) in [4.78, 5) is 10.6. The van der Waals surface area contributed by atoms with Crippen molar-refractivity contribution >= 4 is 29.2 Å². The third kappa shape index (κ3) is 4.65. The van der Waals surface area contributed by atoms with Gasteiger partial charge >= 0.3 is 0 Å². The number of imidazole rings is 1. The number of thioether (sulfide) groups is 1. The van der Waals surface area contributed by atoms with Crippen molar-refractivity contribution in [1.82, 2.24) is 9.55 Å². The number of rotatable bonds is 6. The zero-order valence-electron chi connectivity index (χ0n) is 13.8. The van der Waals surface area contributed by atoms with Gasteiger partial charge in [-0.1, -0.05) is 41.0 Å². The van der Waals surface area contributed by atoms with Crippen LogP contribution in [0.3, 0.4) is 0 Å². The van der Waals surface area contributed by atoms with Gasteiger partial charge in [-0.3, -0.25) is 4.57 Å². The van der Waals surface area contributed by atoms with Gasteiger partial charge in [-0.15, -0.1) is 11.8 Å². The van der Waals surface area contributed by atoms with Gasteiger partial charge in [-0.2, -0.15) is 0 Å². The quantitative estimate of drug-likeness (QED) is 0.262. The molecule has 2 aromatic carbocycles. The van der Waals surface area contributed by atoms with Crippen LogP contribution in [0, 0.1) is 0 Å². The Morgan fingerprint density at radius 3 is 2.72 bits per heavy atom. The molecule has 0 amide bonds.